The summed E-state index contributed by atoms with van der Waals surface area (Å²) < 4.78 is 6.82. The Balaban J connectivity index is 1.54. The maximum atomic E-state index is 14.6. The number of ether oxygens (including phenoxy) is 1. The number of anilines is 1. The van der Waals surface area contributed by atoms with Gasteiger partial charge in [-0.1, -0.05) is 66.2 Å². The number of halogens is 1. The molecular weight excluding hydrogens is 518 g/mol. The van der Waals surface area contributed by atoms with Gasteiger partial charge in [-0.25, -0.2) is 0 Å². The molecule has 2 saturated heterocycles. The highest BCUT2D eigenvalue weighted by molar-refractivity contribution is 6.30. The number of rotatable bonds is 4. The van der Waals surface area contributed by atoms with Crippen molar-refractivity contribution < 1.29 is 24.2 Å². The summed E-state index contributed by atoms with van der Waals surface area (Å²) in [7, 11) is 1.70. The second-order valence-corrected chi connectivity index (χ2v) is 11.2. The Bertz CT molecular complexity index is 1380. The zero-order valence-electron chi connectivity index (χ0n) is 21.7. The molecule has 39 heavy (non-hydrogen) atoms. The van der Waals surface area contributed by atoms with Crippen LogP contribution in [0.5, 0.6) is 0 Å². The van der Waals surface area contributed by atoms with Gasteiger partial charge in [0.15, 0.2) is 0 Å². The van der Waals surface area contributed by atoms with Gasteiger partial charge in [0.05, 0.1) is 30.1 Å². The summed E-state index contributed by atoms with van der Waals surface area (Å²) in [5.41, 5.74) is -1.19. The summed E-state index contributed by atoms with van der Waals surface area (Å²) in [6.45, 7) is 2.06. The van der Waals surface area contributed by atoms with Crippen LogP contribution in [0.25, 0.3) is 0 Å². The highest BCUT2D eigenvalue weighted by Crippen LogP contribution is 2.58. The Morgan fingerprint density at radius 2 is 1.64 bits per heavy atom. The predicted molar refractivity (Wildman–Crippen MR) is 146 cm³/mol. The molecule has 8 nitrogen and oxygen atoms in total. The van der Waals surface area contributed by atoms with Crippen LogP contribution >= 0.6 is 11.6 Å². The van der Waals surface area contributed by atoms with Crippen molar-refractivity contribution in [3.63, 3.8) is 0 Å². The number of hydrogen-bond acceptors (Lipinski definition) is 5. The Morgan fingerprint density at radius 3 is 2.33 bits per heavy atom. The van der Waals surface area contributed by atoms with Gasteiger partial charge < -0.3 is 24.5 Å². The Labute approximate surface area is 232 Å². The molecule has 9 heteroatoms. The molecule has 202 valence electrons. The van der Waals surface area contributed by atoms with Gasteiger partial charge in [-0.2, -0.15) is 0 Å². The minimum Gasteiger partial charge on any atom is -0.394 e. The van der Waals surface area contributed by atoms with Crippen LogP contribution in [0.4, 0.5) is 5.69 Å². The third-order valence-corrected chi connectivity index (χ3v) is 8.78. The van der Waals surface area contributed by atoms with Crippen molar-refractivity contribution >= 4 is 35.0 Å². The molecule has 2 fully saturated rings. The average Bonchev–Trinajstić information content (AvgIpc) is 3.20. The van der Waals surface area contributed by atoms with E-state index >= 15 is 0 Å². The zero-order valence-corrected chi connectivity index (χ0v) is 22.5. The van der Waals surface area contributed by atoms with Gasteiger partial charge in [-0.3, -0.25) is 14.4 Å². The van der Waals surface area contributed by atoms with Crippen molar-refractivity contribution in [3.05, 3.63) is 89.5 Å². The number of carbonyl (C=O) groups is 3. The normalized spacial score (nSPS) is 32.6. The smallest absolute Gasteiger partial charge is 0.253 e. The second-order valence-electron chi connectivity index (χ2n) is 10.8. The van der Waals surface area contributed by atoms with E-state index in [9.17, 15) is 19.5 Å². The van der Waals surface area contributed by atoms with E-state index in [0.717, 1.165) is 0 Å². The quantitative estimate of drug-likeness (QED) is 0.594. The SMILES string of the molecule is CN1CC=C[C@@]2(C)O[C@]34C=CCN(c5ccc(Cl)cc5)C(=O)C3N([C@H](CO)c3ccccc3)C(=O)[C@@H]4[C@H]2C1=O. The number of aliphatic hydroxyl groups excluding tert-OH is 1. The lowest BCUT2D eigenvalue weighted by molar-refractivity contribution is -0.151. The van der Waals surface area contributed by atoms with Crippen LogP contribution in [0.3, 0.4) is 0 Å². The number of hydrogen-bond donors (Lipinski definition) is 1. The first kappa shape index (κ1) is 25.8. The minimum absolute atomic E-state index is 0.210. The van der Waals surface area contributed by atoms with E-state index in [4.69, 9.17) is 16.3 Å². The first-order chi connectivity index (χ1) is 18.7. The van der Waals surface area contributed by atoms with Gasteiger partial charge >= 0.3 is 0 Å². The molecule has 4 heterocycles. The van der Waals surface area contributed by atoms with Gasteiger partial charge in [-0.15, -0.1) is 0 Å². The molecule has 6 rings (SSSR count). The lowest BCUT2D eigenvalue weighted by Gasteiger charge is -2.40. The maximum absolute atomic E-state index is 14.6. The van der Waals surface area contributed by atoms with Crippen molar-refractivity contribution in [1.82, 2.24) is 9.80 Å². The molecule has 1 spiro atoms. The predicted octanol–water partition coefficient (Wildman–Crippen LogP) is 2.98. The van der Waals surface area contributed by atoms with E-state index in [0.29, 0.717) is 22.8 Å². The molecule has 0 aliphatic carbocycles. The van der Waals surface area contributed by atoms with Gasteiger partial charge in [0, 0.05) is 30.8 Å². The van der Waals surface area contributed by atoms with Crippen LogP contribution in [-0.2, 0) is 19.1 Å². The molecule has 1 N–H and O–H groups in total. The first-order valence-electron chi connectivity index (χ1n) is 13.1. The molecule has 0 bridgehead atoms. The molecule has 2 aromatic rings. The minimum atomic E-state index is -1.41. The van der Waals surface area contributed by atoms with Crippen LogP contribution < -0.4 is 4.90 Å². The van der Waals surface area contributed by atoms with E-state index < -0.39 is 41.7 Å². The summed E-state index contributed by atoms with van der Waals surface area (Å²) in [5, 5.41) is 11.2. The van der Waals surface area contributed by atoms with E-state index in [1.54, 1.807) is 47.2 Å². The number of benzene rings is 2. The molecule has 0 saturated carbocycles. The summed E-state index contributed by atoms with van der Waals surface area (Å²) in [6.07, 6.45) is 7.35. The number of aliphatic hydroxyl groups is 1. The Kier molecular flexibility index (Phi) is 6.17. The number of nitrogens with zero attached hydrogens (tertiary/aromatic N) is 3. The van der Waals surface area contributed by atoms with E-state index in [1.807, 2.05) is 55.5 Å². The van der Waals surface area contributed by atoms with Gasteiger partial charge in [-0.05, 0) is 36.8 Å². The third kappa shape index (κ3) is 3.77. The molecule has 6 atom stereocenters. The molecule has 4 aliphatic rings. The topological polar surface area (TPSA) is 90.4 Å². The Morgan fingerprint density at radius 1 is 0.949 bits per heavy atom. The van der Waals surface area contributed by atoms with Crippen molar-refractivity contribution in [2.24, 2.45) is 11.8 Å². The van der Waals surface area contributed by atoms with Crippen LogP contribution in [0, 0.1) is 11.8 Å². The highest BCUT2D eigenvalue weighted by Gasteiger charge is 2.75. The van der Waals surface area contributed by atoms with E-state index in [2.05, 4.69) is 0 Å². The number of carbonyl (C=O) groups excluding carboxylic acids is 3. The standard InChI is InChI=1S/C30H30ClN3O5/c1-29-14-6-16-32(2)26(36)23(29)24-27(37)34(22(18-35)19-8-4-3-5-9-19)25-28(38)33(17-7-15-30(24,25)39-29)21-12-10-20(31)11-13-21/h3-15,22-25,35H,16-18H2,1-2H3/t22-,23+,24+,25?,29-,30+/m1/s1. The van der Waals surface area contributed by atoms with E-state index in [-0.39, 0.29) is 24.3 Å². The fraction of sp³-hybridized carbons (Fsp3) is 0.367. The largest absolute Gasteiger partial charge is 0.394 e. The molecule has 3 amide bonds. The fourth-order valence-electron chi connectivity index (χ4n) is 6.80. The third-order valence-electron chi connectivity index (χ3n) is 8.53. The molecule has 4 aliphatic heterocycles. The summed E-state index contributed by atoms with van der Waals surface area (Å²) in [5.74, 6) is -2.73. The van der Waals surface area contributed by atoms with Crippen molar-refractivity contribution in [2.45, 2.75) is 30.2 Å². The molecular formula is C30H30ClN3O5. The summed E-state index contributed by atoms with van der Waals surface area (Å²) in [4.78, 5) is 47.5. The summed E-state index contributed by atoms with van der Waals surface area (Å²) in [6, 6.07) is 14.2. The molecule has 2 aromatic carbocycles. The van der Waals surface area contributed by atoms with Gasteiger partial charge in [0.25, 0.3) is 5.91 Å². The first-order valence-corrected chi connectivity index (χ1v) is 13.4. The average molecular weight is 548 g/mol. The zero-order chi connectivity index (χ0) is 27.5. The molecule has 1 unspecified atom stereocenters. The Hall–Kier alpha value is -3.46. The number of likely N-dealkylation sites (N-methyl/N-ethyl adjacent to an activating group) is 1. The second kappa shape index (κ2) is 9.33. The number of amides is 3. The molecule has 0 aromatic heterocycles. The van der Waals surface area contributed by atoms with Crippen molar-refractivity contribution in [2.75, 3.05) is 31.6 Å². The monoisotopic (exact) mass is 547 g/mol. The van der Waals surface area contributed by atoms with Gasteiger partial charge in [0.1, 0.15) is 11.6 Å². The van der Waals surface area contributed by atoms with E-state index in [1.165, 1.54) is 4.90 Å². The van der Waals surface area contributed by atoms with Crippen LogP contribution in [0.2, 0.25) is 5.02 Å². The number of likely N-dealkylation sites (tertiary alicyclic amines) is 1. The van der Waals surface area contributed by atoms with Crippen LogP contribution in [0.15, 0.2) is 78.9 Å². The summed E-state index contributed by atoms with van der Waals surface area (Å²) >= 11 is 6.11. The van der Waals surface area contributed by atoms with Gasteiger partial charge in [0.2, 0.25) is 11.8 Å². The maximum Gasteiger partial charge on any atom is 0.253 e. The van der Waals surface area contributed by atoms with Crippen molar-refractivity contribution in [3.8, 4) is 0 Å². The lowest BCUT2D eigenvalue weighted by Crippen LogP contribution is -2.57. The number of fused-ring (bicyclic) bond motifs is 2. The highest BCUT2D eigenvalue weighted by atomic mass is 35.5. The lowest BCUT2D eigenvalue weighted by atomic mass is 9.74. The van der Waals surface area contributed by atoms with Crippen LogP contribution in [0.1, 0.15) is 18.5 Å². The van der Waals surface area contributed by atoms with Crippen LogP contribution in [-0.4, -0.2) is 76.6 Å². The van der Waals surface area contributed by atoms with Crippen molar-refractivity contribution in [1.29, 1.82) is 0 Å². The fourth-order valence-corrected chi connectivity index (χ4v) is 6.93. The molecule has 0 radical (unpaired) electrons.